The molecule has 2 aliphatic rings. The first-order valence-corrected chi connectivity index (χ1v) is 14.4. The Morgan fingerprint density at radius 3 is 2.31 bits per heavy atom. The average molecular weight is 573 g/mol. The molecule has 1 aliphatic carbocycles. The summed E-state index contributed by atoms with van der Waals surface area (Å²) in [4.78, 5) is 44.6. The number of aliphatic carboxylic acids is 1. The third kappa shape index (κ3) is 6.47. The monoisotopic (exact) mass is 571 g/mol. The van der Waals surface area contributed by atoms with E-state index in [2.05, 4.69) is 19.2 Å². The van der Waals surface area contributed by atoms with Crippen LogP contribution in [-0.4, -0.2) is 45.7 Å². The molecule has 0 aromatic heterocycles. The SMILES string of the molecule is CCCC(c1ccc(C(=O)NCCC(=O)O)cc1)N1C(=O)C(c2cc(Cl)cc(Cl)c2)=NC12CCC(CC)CC2. The maximum atomic E-state index is 14.2. The molecule has 0 saturated heterocycles. The van der Waals surface area contributed by atoms with Gasteiger partial charge in [-0.05, 0) is 73.9 Å². The number of nitrogens with zero attached hydrogens (tertiary/aromatic N) is 2. The van der Waals surface area contributed by atoms with E-state index >= 15 is 0 Å². The van der Waals surface area contributed by atoms with E-state index in [-0.39, 0.29) is 30.8 Å². The van der Waals surface area contributed by atoms with Gasteiger partial charge in [0.15, 0.2) is 0 Å². The lowest BCUT2D eigenvalue weighted by Gasteiger charge is -2.45. The zero-order valence-corrected chi connectivity index (χ0v) is 23.9. The van der Waals surface area contributed by atoms with Crippen LogP contribution in [0.25, 0.3) is 0 Å². The van der Waals surface area contributed by atoms with Crippen LogP contribution in [0.2, 0.25) is 10.0 Å². The zero-order valence-electron chi connectivity index (χ0n) is 22.4. The number of carboxylic acid groups (broad SMARTS) is 1. The predicted molar refractivity (Wildman–Crippen MR) is 154 cm³/mol. The summed E-state index contributed by atoms with van der Waals surface area (Å²) in [6, 6.07) is 12.1. The molecule has 2 N–H and O–H groups in total. The first kappa shape index (κ1) is 29.1. The molecule has 1 unspecified atom stereocenters. The Morgan fingerprint density at radius 1 is 1.10 bits per heavy atom. The van der Waals surface area contributed by atoms with Gasteiger partial charge in [-0.1, -0.05) is 62.0 Å². The van der Waals surface area contributed by atoms with Crippen LogP contribution in [0.5, 0.6) is 0 Å². The van der Waals surface area contributed by atoms with Gasteiger partial charge in [-0.3, -0.25) is 19.4 Å². The molecule has 2 aromatic rings. The first-order valence-electron chi connectivity index (χ1n) is 13.7. The fourth-order valence-corrected chi connectivity index (χ4v) is 6.31. The molecule has 1 saturated carbocycles. The Bertz CT molecular complexity index is 1230. The third-order valence-electron chi connectivity index (χ3n) is 7.86. The van der Waals surface area contributed by atoms with Crippen molar-refractivity contribution >= 4 is 46.7 Å². The van der Waals surface area contributed by atoms with Gasteiger partial charge in [0.1, 0.15) is 11.4 Å². The van der Waals surface area contributed by atoms with E-state index in [9.17, 15) is 14.4 Å². The van der Waals surface area contributed by atoms with Crippen molar-refractivity contribution in [2.24, 2.45) is 10.9 Å². The number of amides is 2. The Kier molecular flexibility index (Phi) is 9.34. The highest BCUT2D eigenvalue weighted by Gasteiger charge is 2.51. The summed E-state index contributed by atoms with van der Waals surface area (Å²) in [5.41, 5.74) is 1.76. The highest BCUT2D eigenvalue weighted by atomic mass is 35.5. The van der Waals surface area contributed by atoms with Gasteiger partial charge < -0.3 is 15.3 Å². The van der Waals surface area contributed by atoms with Crippen molar-refractivity contribution in [1.29, 1.82) is 0 Å². The van der Waals surface area contributed by atoms with Crippen LogP contribution in [0.1, 0.15) is 92.7 Å². The molecule has 9 heteroatoms. The van der Waals surface area contributed by atoms with E-state index in [0.717, 1.165) is 50.5 Å². The minimum absolute atomic E-state index is 0.0611. The molecular weight excluding hydrogens is 537 g/mol. The summed E-state index contributed by atoms with van der Waals surface area (Å²) in [5.74, 6) is -0.801. The van der Waals surface area contributed by atoms with Gasteiger partial charge >= 0.3 is 5.97 Å². The van der Waals surface area contributed by atoms with E-state index in [4.69, 9.17) is 33.3 Å². The second kappa shape index (κ2) is 12.5. The van der Waals surface area contributed by atoms with Crippen LogP contribution in [0.15, 0.2) is 47.5 Å². The number of aliphatic imine (C=N–C) groups is 1. The molecule has 1 aliphatic heterocycles. The second-order valence-electron chi connectivity index (χ2n) is 10.5. The maximum Gasteiger partial charge on any atom is 0.305 e. The van der Waals surface area contributed by atoms with Crippen molar-refractivity contribution in [3.8, 4) is 0 Å². The molecule has 7 nitrogen and oxygen atoms in total. The molecule has 1 fully saturated rings. The lowest BCUT2D eigenvalue weighted by molar-refractivity contribution is -0.137. The van der Waals surface area contributed by atoms with Crippen molar-refractivity contribution in [1.82, 2.24) is 10.2 Å². The van der Waals surface area contributed by atoms with Crippen LogP contribution >= 0.6 is 23.2 Å². The molecule has 2 amide bonds. The fraction of sp³-hybridized carbons (Fsp3) is 0.467. The highest BCUT2D eigenvalue weighted by Crippen LogP contribution is 2.47. The van der Waals surface area contributed by atoms with Gasteiger partial charge in [0, 0.05) is 27.7 Å². The molecule has 1 spiro atoms. The standard InChI is InChI=1S/C30H35Cl2N3O4/c1-3-5-25(20-6-8-21(9-7-20)28(38)33-15-12-26(36)37)35-29(39)27(22-16-23(31)18-24(32)17-22)34-30(35)13-10-19(4-2)11-14-30/h6-9,16-19,25H,3-5,10-15H2,1-2H3,(H,33,38)(H,36,37). The van der Waals surface area contributed by atoms with Crippen molar-refractivity contribution in [3.05, 3.63) is 69.2 Å². The Balaban J connectivity index is 1.67. The molecule has 208 valence electrons. The number of carbonyl (C=O) groups excluding carboxylic acids is 2. The largest absolute Gasteiger partial charge is 0.481 e. The van der Waals surface area contributed by atoms with E-state index in [1.807, 2.05) is 17.0 Å². The highest BCUT2D eigenvalue weighted by molar-refractivity contribution is 6.47. The summed E-state index contributed by atoms with van der Waals surface area (Å²) in [6.45, 7) is 4.37. The summed E-state index contributed by atoms with van der Waals surface area (Å²) in [5, 5.41) is 12.4. The summed E-state index contributed by atoms with van der Waals surface area (Å²) >= 11 is 12.6. The van der Waals surface area contributed by atoms with Crippen LogP contribution in [0, 0.1) is 5.92 Å². The summed E-state index contributed by atoms with van der Waals surface area (Å²) < 4.78 is 0. The van der Waals surface area contributed by atoms with Gasteiger partial charge in [-0.2, -0.15) is 0 Å². The Hall–Kier alpha value is -2.90. The zero-order chi connectivity index (χ0) is 28.2. The number of carboxylic acids is 1. The van der Waals surface area contributed by atoms with Gasteiger partial charge in [0.25, 0.3) is 11.8 Å². The minimum atomic E-state index is -0.966. The minimum Gasteiger partial charge on any atom is -0.481 e. The Labute approximate surface area is 239 Å². The predicted octanol–water partition coefficient (Wildman–Crippen LogP) is 6.67. The van der Waals surface area contributed by atoms with Gasteiger partial charge in [-0.25, -0.2) is 0 Å². The van der Waals surface area contributed by atoms with Crippen molar-refractivity contribution in [3.63, 3.8) is 0 Å². The van der Waals surface area contributed by atoms with Crippen LogP contribution in [-0.2, 0) is 9.59 Å². The van der Waals surface area contributed by atoms with Crippen LogP contribution in [0.4, 0.5) is 0 Å². The number of rotatable bonds is 10. The first-order chi connectivity index (χ1) is 18.7. The fourth-order valence-electron chi connectivity index (χ4n) is 5.78. The van der Waals surface area contributed by atoms with Crippen molar-refractivity contribution in [2.45, 2.75) is 76.9 Å². The second-order valence-corrected chi connectivity index (χ2v) is 11.3. The van der Waals surface area contributed by atoms with Gasteiger partial charge in [0.05, 0.1) is 12.5 Å². The molecular formula is C30H35Cl2N3O4. The van der Waals surface area contributed by atoms with Gasteiger partial charge in [0.2, 0.25) is 0 Å². The van der Waals surface area contributed by atoms with Crippen LogP contribution in [0.3, 0.4) is 0 Å². The number of benzene rings is 2. The van der Waals surface area contributed by atoms with Crippen molar-refractivity contribution in [2.75, 3.05) is 6.54 Å². The molecule has 39 heavy (non-hydrogen) atoms. The molecule has 1 heterocycles. The Morgan fingerprint density at radius 2 is 1.74 bits per heavy atom. The quantitative estimate of drug-likeness (QED) is 0.332. The van der Waals surface area contributed by atoms with Crippen molar-refractivity contribution < 1.29 is 19.5 Å². The lowest BCUT2D eigenvalue weighted by Crippen LogP contribution is -2.50. The van der Waals surface area contributed by atoms with E-state index in [0.29, 0.717) is 32.8 Å². The third-order valence-corrected chi connectivity index (χ3v) is 8.30. The number of hydrogen-bond acceptors (Lipinski definition) is 4. The van der Waals surface area contributed by atoms with E-state index in [1.165, 1.54) is 0 Å². The van der Waals surface area contributed by atoms with Gasteiger partial charge in [-0.15, -0.1) is 0 Å². The van der Waals surface area contributed by atoms with Crippen LogP contribution < -0.4 is 5.32 Å². The number of hydrogen-bond donors (Lipinski definition) is 2. The summed E-state index contributed by atoms with van der Waals surface area (Å²) in [7, 11) is 0. The molecule has 1 atom stereocenters. The maximum absolute atomic E-state index is 14.2. The summed E-state index contributed by atoms with van der Waals surface area (Å²) in [6.07, 6.45) is 6.16. The molecule has 4 rings (SSSR count). The molecule has 0 bridgehead atoms. The lowest BCUT2D eigenvalue weighted by atomic mass is 9.79. The number of nitrogens with one attached hydrogen (secondary N) is 1. The normalized spacial score (nSPS) is 21.6. The molecule has 0 radical (unpaired) electrons. The average Bonchev–Trinajstić information content (AvgIpc) is 3.18. The topological polar surface area (TPSA) is 99.1 Å². The number of carbonyl (C=O) groups is 3. The smallest absolute Gasteiger partial charge is 0.305 e. The van der Waals surface area contributed by atoms with E-state index < -0.39 is 11.6 Å². The number of halogens is 2. The van der Waals surface area contributed by atoms with E-state index in [1.54, 1.807) is 30.3 Å². The molecule has 2 aromatic carbocycles.